The normalized spacial score (nSPS) is 10.1. The molecule has 0 saturated heterocycles. The lowest BCUT2D eigenvalue weighted by atomic mass is 10.2. The van der Waals surface area contributed by atoms with Crippen molar-refractivity contribution in [2.75, 3.05) is 5.32 Å². The zero-order valence-electron chi connectivity index (χ0n) is 9.91. The SMILES string of the molecule is O=C(Nc1ccc([N+](=O)[O-])cc1O)c1cccnc1F. The molecule has 0 fully saturated rings. The smallest absolute Gasteiger partial charge is 0.273 e. The van der Waals surface area contributed by atoms with Crippen molar-refractivity contribution in [3.63, 3.8) is 0 Å². The summed E-state index contributed by atoms with van der Waals surface area (Å²) in [6, 6.07) is 5.75. The number of benzene rings is 1. The third-order valence-electron chi connectivity index (χ3n) is 2.44. The van der Waals surface area contributed by atoms with Gasteiger partial charge in [0.15, 0.2) is 0 Å². The number of nitro groups is 1. The largest absolute Gasteiger partial charge is 0.506 e. The molecular weight excluding hydrogens is 269 g/mol. The summed E-state index contributed by atoms with van der Waals surface area (Å²) in [6.07, 6.45) is 1.19. The molecule has 0 aliphatic heterocycles. The number of pyridine rings is 1. The first kappa shape index (κ1) is 13.4. The zero-order chi connectivity index (χ0) is 14.7. The number of amides is 1. The lowest BCUT2D eigenvalue weighted by molar-refractivity contribution is -0.384. The first-order valence-corrected chi connectivity index (χ1v) is 5.38. The van der Waals surface area contributed by atoms with Crippen LogP contribution < -0.4 is 5.32 Å². The molecule has 0 aliphatic carbocycles. The second-order valence-electron chi connectivity index (χ2n) is 3.75. The van der Waals surface area contributed by atoms with Gasteiger partial charge in [0.25, 0.3) is 11.6 Å². The standard InChI is InChI=1S/C12H8FN3O4/c13-11-8(2-1-5-14-11)12(18)15-9-4-3-7(16(19)20)6-10(9)17/h1-6,17H,(H,15,18). The highest BCUT2D eigenvalue weighted by molar-refractivity contribution is 6.05. The quantitative estimate of drug-likeness (QED) is 0.387. The van der Waals surface area contributed by atoms with Crippen LogP contribution in [0.5, 0.6) is 5.75 Å². The monoisotopic (exact) mass is 277 g/mol. The van der Waals surface area contributed by atoms with E-state index in [0.717, 1.165) is 18.2 Å². The number of halogens is 1. The van der Waals surface area contributed by atoms with Crippen molar-refractivity contribution >= 4 is 17.3 Å². The number of hydrogen-bond acceptors (Lipinski definition) is 5. The number of nitrogens with zero attached hydrogens (tertiary/aromatic N) is 2. The average molecular weight is 277 g/mol. The number of rotatable bonds is 3. The number of carbonyl (C=O) groups excluding carboxylic acids is 1. The number of anilines is 1. The van der Waals surface area contributed by atoms with Crippen LogP contribution in [0.3, 0.4) is 0 Å². The molecule has 1 amide bonds. The third-order valence-corrected chi connectivity index (χ3v) is 2.44. The second-order valence-corrected chi connectivity index (χ2v) is 3.75. The Balaban J connectivity index is 2.25. The molecule has 0 atom stereocenters. The Morgan fingerprint density at radius 2 is 2.15 bits per heavy atom. The Kier molecular flexibility index (Phi) is 3.56. The molecule has 20 heavy (non-hydrogen) atoms. The predicted molar refractivity (Wildman–Crippen MR) is 66.9 cm³/mol. The van der Waals surface area contributed by atoms with Crippen LogP contribution in [0.25, 0.3) is 0 Å². The van der Waals surface area contributed by atoms with Crippen molar-refractivity contribution in [3.8, 4) is 5.75 Å². The number of nitrogens with one attached hydrogen (secondary N) is 1. The van der Waals surface area contributed by atoms with Crippen LogP contribution in [-0.4, -0.2) is 20.9 Å². The van der Waals surface area contributed by atoms with Gasteiger partial charge in [0.1, 0.15) is 5.75 Å². The number of nitro benzene ring substituents is 1. The number of phenols is 1. The van der Waals surface area contributed by atoms with Gasteiger partial charge in [-0.1, -0.05) is 0 Å². The highest BCUT2D eigenvalue weighted by Crippen LogP contribution is 2.28. The van der Waals surface area contributed by atoms with E-state index in [9.17, 15) is 24.4 Å². The number of aromatic hydroxyl groups is 1. The van der Waals surface area contributed by atoms with Gasteiger partial charge in [-0.25, -0.2) is 4.98 Å². The maximum absolute atomic E-state index is 13.3. The highest BCUT2D eigenvalue weighted by atomic mass is 19.1. The van der Waals surface area contributed by atoms with E-state index in [-0.39, 0.29) is 16.9 Å². The van der Waals surface area contributed by atoms with Crippen LogP contribution in [0.15, 0.2) is 36.5 Å². The van der Waals surface area contributed by atoms with E-state index in [0.29, 0.717) is 0 Å². The first-order valence-electron chi connectivity index (χ1n) is 5.38. The van der Waals surface area contributed by atoms with Gasteiger partial charge in [-0.2, -0.15) is 4.39 Å². The van der Waals surface area contributed by atoms with E-state index in [1.807, 2.05) is 0 Å². The summed E-state index contributed by atoms with van der Waals surface area (Å²) in [6.45, 7) is 0. The number of hydrogen-bond donors (Lipinski definition) is 2. The number of carbonyl (C=O) groups is 1. The third kappa shape index (κ3) is 2.69. The van der Waals surface area contributed by atoms with Crippen molar-refractivity contribution in [2.45, 2.75) is 0 Å². The number of phenolic OH excluding ortho intramolecular Hbond substituents is 1. The van der Waals surface area contributed by atoms with Gasteiger partial charge in [0.2, 0.25) is 5.95 Å². The van der Waals surface area contributed by atoms with Crippen LogP contribution in [0.2, 0.25) is 0 Å². The molecule has 1 heterocycles. The van der Waals surface area contributed by atoms with Crippen LogP contribution in [0.4, 0.5) is 15.8 Å². The zero-order valence-corrected chi connectivity index (χ0v) is 9.91. The molecule has 1 aromatic heterocycles. The van der Waals surface area contributed by atoms with Gasteiger partial charge in [-0.05, 0) is 18.2 Å². The van der Waals surface area contributed by atoms with Gasteiger partial charge in [0, 0.05) is 12.3 Å². The van der Waals surface area contributed by atoms with E-state index >= 15 is 0 Å². The summed E-state index contributed by atoms with van der Waals surface area (Å²) in [4.78, 5) is 24.9. The molecule has 0 saturated carbocycles. The molecule has 0 spiro atoms. The van der Waals surface area contributed by atoms with Crippen LogP contribution in [0.1, 0.15) is 10.4 Å². The van der Waals surface area contributed by atoms with Crippen LogP contribution >= 0.6 is 0 Å². The second kappa shape index (κ2) is 5.31. The lowest BCUT2D eigenvalue weighted by Crippen LogP contribution is -2.14. The van der Waals surface area contributed by atoms with Gasteiger partial charge in [-0.3, -0.25) is 14.9 Å². The fraction of sp³-hybridized carbons (Fsp3) is 0. The molecule has 0 radical (unpaired) electrons. The molecule has 2 rings (SSSR count). The Morgan fingerprint density at radius 3 is 2.75 bits per heavy atom. The topological polar surface area (TPSA) is 105 Å². The highest BCUT2D eigenvalue weighted by Gasteiger charge is 2.15. The molecule has 7 nitrogen and oxygen atoms in total. The van der Waals surface area contributed by atoms with E-state index < -0.39 is 22.5 Å². The molecular formula is C12H8FN3O4. The van der Waals surface area contributed by atoms with E-state index in [4.69, 9.17) is 0 Å². The Hall–Kier alpha value is -3.03. The van der Waals surface area contributed by atoms with Crippen molar-refractivity contribution < 1.29 is 19.2 Å². The Bertz CT molecular complexity index is 690. The van der Waals surface area contributed by atoms with E-state index in [1.54, 1.807) is 0 Å². The maximum Gasteiger partial charge on any atom is 0.273 e. The van der Waals surface area contributed by atoms with Crippen LogP contribution in [-0.2, 0) is 0 Å². The summed E-state index contributed by atoms with van der Waals surface area (Å²) in [7, 11) is 0. The van der Waals surface area contributed by atoms with Crippen molar-refractivity contribution in [1.82, 2.24) is 4.98 Å². The molecule has 1 aromatic carbocycles. The Labute approximate surface area is 111 Å². The fourth-order valence-electron chi connectivity index (χ4n) is 1.48. The van der Waals surface area contributed by atoms with Gasteiger partial charge < -0.3 is 10.4 Å². The Morgan fingerprint density at radius 1 is 1.40 bits per heavy atom. The maximum atomic E-state index is 13.3. The minimum absolute atomic E-state index is 0.0659. The molecule has 0 aliphatic rings. The van der Waals surface area contributed by atoms with Crippen molar-refractivity contribution in [3.05, 3.63) is 58.2 Å². The molecule has 0 bridgehead atoms. The first-order chi connectivity index (χ1) is 9.49. The molecule has 0 unspecified atom stereocenters. The summed E-state index contributed by atoms with van der Waals surface area (Å²) < 4.78 is 13.3. The molecule has 2 aromatic rings. The average Bonchev–Trinajstić information content (AvgIpc) is 2.41. The molecule has 8 heteroatoms. The van der Waals surface area contributed by atoms with E-state index in [2.05, 4.69) is 10.3 Å². The number of non-ortho nitro benzene ring substituents is 1. The minimum atomic E-state index is -0.952. The van der Waals surface area contributed by atoms with E-state index in [1.165, 1.54) is 18.3 Å². The molecule has 102 valence electrons. The summed E-state index contributed by atoms with van der Waals surface area (Å²) >= 11 is 0. The molecule has 2 N–H and O–H groups in total. The van der Waals surface area contributed by atoms with Crippen molar-refractivity contribution in [1.29, 1.82) is 0 Å². The van der Waals surface area contributed by atoms with Crippen LogP contribution in [0, 0.1) is 16.1 Å². The minimum Gasteiger partial charge on any atom is -0.506 e. The van der Waals surface area contributed by atoms with Gasteiger partial charge in [-0.15, -0.1) is 0 Å². The lowest BCUT2D eigenvalue weighted by Gasteiger charge is -2.07. The number of aromatic nitrogens is 1. The summed E-state index contributed by atoms with van der Waals surface area (Å²) in [5.41, 5.74) is -0.692. The summed E-state index contributed by atoms with van der Waals surface area (Å²) in [5.74, 6) is -2.26. The fourth-order valence-corrected chi connectivity index (χ4v) is 1.48. The predicted octanol–water partition coefficient (Wildman–Crippen LogP) is 2.09. The van der Waals surface area contributed by atoms with Gasteiger partial charge in [0.05, 0.1) is 22.2 Å². The van der Waals surface area contributed by atoms with Crippen molar-refractivity contribution in [2.24, 2.45) is 0 Å². The van der Waals surface area contributed by atoms with Gasteiger partial charge >= 0.3 is 0 Å². The summed E-state index contributed by atoms with van der Waals surface area (Å²) in [5, 5.41) is 22.3.